The van der Waals surface area contributed by atoms with Gasteiger partial charge < -0.3 is 9.73 Å². The first kappa shape index (κ1) is 12.6. The molecule has 1 amide bonds. The van der Waals surface area contributed by atoms with Crippen molar-refractivity contribution in [2.75, 3.05) is 11.9 Å². The highest BCUT2D eigenvalue weighted by atomic mass is 16.4. The Labute approximate surface area is 112 Å². The van der Waals surface area contributed by atoms with E-state index in [1.165, 1.54) is 0 Å². The third kappa shape index (κ3) is 2.94. The maximum absolute atomic E-state index is 12.1. The van der Waals surface area contributed by atoms with Crippen molar-refractivity contribution >= 4 is 11.9 Å². The van der Waals surface area contributed by atoms with Gasteiger partial charge in [-0.2, -0.15) is 0 Å². The molecule has 1 saturated carbocycles. The van der Waals surface area contributed by atoms with Crippen molar-refractivity contribution in [1.29, 1.82) is 0 Å². The Hall–Kier alpha value is -1.43. The smallest absolute Gasteiger partial charge is 0.322 e. The molecule has 0 radical (unpaired) electrons. The van der Waals surface area contributed by atoms with Crippen molar-refractivity contribution < 1.29 is 9.21 Å². The van der Waals surface area contributed by atoms with Crippen LogP contribution in [0.4, 0.5) is 6.01 Å². The molecule has 1 aliphatic carbocycles. The lowest BCUT2D eigenvalue weighted by Crippen LogP contribution is -2.46. The van der Waals surface area contributed by atoms with Gasteiger partial charge in [0.15, 0.2) is 0 Å². The molecule has 2 unspecified atom stereocenters. The lowest BCUT2D eigenvalue weighted by Gasteiger charge is -2.28. The lowest BCUT2D eigenvalue weighted by atomic mass is 9.90. The Kier molecular flexibility index (Phi) is 3.50. The van der Waals surface area contributed by atoms with Gasteiger partial charge in [-0.3, -0.25) is 10.1 Å². The summed E-state index contributed by atoms with van der Waals surface area (Å²) in [5, 5.41) is 13.8. The van der Waals surface area contributed by atoms with Gasteiger partial charge in [0.25, 0.3) is 0 Å². The minimum Gasteiger partial charge on any atom is -0.408 e. The second kappa shape index (κ2) is 5.28. The minimum atomic E-state index is -0.144. The zero-order chi connectivity index (χ0) is 13.2. The van der Waals surface area contributed by atoms with Crippen LogP contribution in [0.5, 0.6) is 0 Å². The summed E-state index contributed by atoms with van der Waals surface area (Å²) < 4.78 is 5.44. The largest absolute Gasteiger partial charge is 0.408 e. The normalized spacial score (nSPS) is 27.2. The predicted octanol–water partition coefficient (Wildman–Crippen LogP) is 1.66. The van der Waals surface area contributed by atoms with E-state index < -0.39 is 0 Å². The molecule has 2 atom stereocenters. The summed E-state index contributed by atoms with van der Waals surface area (Å²) in [7, 11) is 0. The number of hydrogen-bond donors (Lipinski definition) is 2. The summed E-state index contributed by atoms with van der Waals surface area (Å²) in [5.41, 5.74) is 0. The first-order valence-corrected chi connectivity index (χ1v) is 7.14. The van der Waals surface area contributed by atoms with Crippen molar-refractivity contribution in [2.45, 2.75) is 51.0 Å². The molecule has 1 aliphatic heterocycles. The topological polar surface area (TPSA) is 80.0 Å². The highest BCUT2D eigenvalue weighted by Crippen LogP contribution is 2.39. The maximum Gasteiger partial charge on any atom is 0.322 e. The molecule has 0 spiro atoms. The molecule has 2 fully saturated rings. The van der Waals surface area contributed by atoms with E-state index in [0.717, 1.165) is 38.6 Å². The highest BCUT2D eigenvalue weighted by Gasteiger charge is 2.31. The number of nitrogens with zero attached hydrogens (tertiary/aromatic N) is 2. The van der Waals surface area contributed by atoms with Crippen LogP contribution < -0.4 is 10.6 Å². The fourth-order valence-corrected chi connectivity index (χ4v) is 2.54. The number of carbonyl (C=O) groups is 1. The SMILES string of the molecule is CCC1CCNC(C(=O)Nc2nnc(C3CC3)o2)C1. The van der Waals surface area contributed by atoms with Crippen LogP contribution >= 0.6 is 0 Å². The molecule has 2 N–H and O–H groups in total. The van der Waals surface area contributed by atoms with E-state index >= 15 is 0 Å². The first-order chi connectivity index (χ1) is 9.26. The molecule has 1 aromatic heterocycles. The van der Waals surface area contributed by atoms with E-state index in [2.05, 4.69) is 27.8 Å². The summed E-state index contributed by atoms with van der Waals surface area (Å²) in [4.78, 5) is 12.1. The van der Waals surface area contributed by atoms with Crippen molar-refractivity contribution in [2.24, 2.45) is 5.92 Å². The number of hydrogen-bond acceptors (Lipinski definition) is 5. The number of amides is 1. The number of piperidine rings is 1. The van der Waals surface area contributed by atoms with Gasteiger partial charge in [0, 0.05) is 5.92 Å². The summed E-state index contributed by atoms with van der Waals surface area (Å²) >= 11 is 0. The van der Waals surface area contributed by atoms with Crippen LogP contribution in [-0.4, -0.2) is 28.7 Å². The van der Waals surface area contributed by atoms with Crippen LogP contribution in [0, 0.1) is 5.92 Å². The average molecular weight is 264 g/mol. The molecule has 0 bridgehead atoms. The molecule has 0 aromatic carbocycles. The van der Waals surface area contributed by atoms with Gasteiger partial charge in [0.1, 0.15) is 0 Å². The van der Waals surface area contributed by atoms with E-state index in [4.69, 9.17) is 4.42 Å². The summed E-state index contributed by atoms with van der Waals surface area (Å²) in [6.45, 7) is 3.07. The van der Waals surface area contributed by atoms with Crippen molar-refractivity contribution in [3.8, 4) is 0 Å². The second-order valence-electron chi connectivity index (χ2n) is 5.51. The van der Waals surface area contributed by atoms with Crippen LogP contribution in [0.25, 0.3) is 0 Å². The van der Waals surface area contributed by atoms with Crippen LogP contribution in [0.1, 0.15) is 50.8 Å². The van der Waals surface area contributed by atoms with E-state index in [-0.39, 0.29) is 18.0 Å². The fourth-order valence-electron chi connectivity index (χ4n) is 2.54. The monoisotopic (exact) mass is 264 g/mol. The Bertz CT molecular complexity index is 455. The van der Waals surface area contributed by atoms with Gasteiger partial charge in [-0.1, -0.05) is 18.4 Å². The number of aromatic nitrogens is 2. The molecule has 6 heteroatoms. The lowest BCUT2D eigenvalue weighted by molar-refractivity contribution is -0.119. The highest BCUT2D eigenvalue weighted by molar-refractivity contribution is 5.93. The number of carbonyl (C=O) groups excluding carboxylic acids is 1. The molecular weight excluding hydrogens is 244 g/mol. The molecule has 1 saturated heterocycles. The average Bonchev–Trinajstić information content (AvgIpc) is 3.19. The standard InChI is InChI=1S/C13H20N4O2/c1-2-8-5-6-14-10(7-8)11(18)15-13-17-16-12(19-13)9-3-4-9/h8-10,14H,2-7H2,1H3,(H,15,17,18). The molecule has 2 aliphatic rings. The van der Waals surface area contributed by atoms with Crippen LogP contribution in [0.2, 0.25) is 0 Å². The molecule has 6 nitrogen and oxygen atoms in total. The van der Waals surface area contributed by atoms with Crippen molar-refractivity contribution in [3.63, 3.8) is 0 Å². The molecule has 3 rings (SSSR count). The Balaban J connectivity index is 1.57. The number of anilines is 1. The summed E-state index contributed by atoms with van der Waals surface area (Å²) in [6.07, 6.45) is 5.37. The Morgan fingerprint density at radius 2 is 2.26 bits per heavy atom. The van der Waals surface area contributed by atoms with Gasteiger partial charge in [-0.25, -0.2) is 0 Å². The van der Waals surface area contributed by atoms with Gasteiger partial charge in [-0.05, 0) is 38.1 Å². The Morgan fingerprint density at radius 3 is 3.00 bits per heavy atom. The fraction of sp³-hybridized carbons (Fsp3) is 0.769. The minimum absolute atomic E-state index is 0.0656. The molecule has 104 valence electrons. The van der Waals surface area contributed by atoms with Crippen LogP contribution in [-0.2, 0) is 4.79 Å². The zero-order valence-corrected chi connectivity index (χ0v) is 11.2. The third-order valence-electron chi connectivity index (χ3n) is 4.00. The second-order valence-corrected chi connectivity index (χ2v) is 5.51. The summed E-state index contributed by atoms with van der Waals surface area (Å²) in [5.74, 6) is 1.62. The van der Waals surface area contributed by atoms with E-state index in [0.29, 0.717) is 17.7 Å². The number of nitrogens with one attached hydrogen (secondary N) is 2. The molecule has 1 aromatic rings. The zero-order valence-electron chi connectivity index (χ0n) is 11.2. The van der Waals surface area contributed by atoms with E-state index in [1.807, 2.05) is 0 Å². The van der Waals surface area contributed by atoms with Gasteiger partial charge in [0.05, 0.1) is 6.04 Å². The maximum atomic E-state index is 12.1. The van der Waals surface area contributed by atoms with Gasteiger partial charge in [-0.15, -0.1) is 5.10 Å². The van der Waals surface area contributed by atoms with E-state index in [9.17, 15) is 4.79 Å². The predicted molar refractivity (Wildman–Crippen MR) is 69.7 cm³/mol. The van der Waals surface area contributed by atoms with Crippen molar-refractivity contribution in [1.82, 2.24) is 15.5 Å². The first-order valence-electron chi connectivity index (χ1n) is 7.14. The van der Waals surface area contributed by atoms with Crippen LogP contribution in [0.15, 0.2) is 4.42 Å². The quantitative estimate of drug-likeness (QED) is 0.864. The third-order valence-corrected chi connectivity index (χ3v) is 4.00. The number of rotatable bonds is 4. The molecule has 19 heavy (non-hydrogen) atoms. The van der Waals surface area contributed by atoms with E-state index in [1.54, 1.807) is 0 Å². The Morgan fingerprint density at radius 1 is 1.42 bits per heavy atom. The van der Waals surface area contributed by atoms with Gasteiger partial charge in [0.2, 0.25) is 11.8 Å². The van der Waals surface area contributed by atoms with Crippen molar-refractivity contribution in [3.05, 3.63) is 5.89 Å². The summed E-state index contributed by atoms with van der Waals surface area (Å²) in [6, 6.07) is 0.0855. The molecular formula is C13H20N4O2. The molecule has 2 heterocycles. The van der Waals surface area contributed by atoms with Crippen LogP contribution in [0.3, 0.4) is 0 Å². The van der Waals surface area contributed by atoms with Gasteiger partial charge >= 0.3 is 6.01 Å².